The Balaban J connectivity index is 2.60. The largest absolute Gasteiger partial charge is 0.312 e. The molecule has 0 aromatic heterocycles. The fourth-order valence-corrected chi connectivity index (χ4v) is 2.08. The molecule has 0 amide bonds. The van der Waals surface area contributed by atoms with Crippen LogP contribution in [0, 0.1) is 26.7 Å². The molecular weight excluding hydrogens is 194 g/mol. The Morgan fingerprint density at radius 1 is 1.12 bits per heavy atom. The molecule has 0 heterocycles. The summed E-state index contributed by atoms with van der Waals surface area (Å²) >= 11 is 0. The molecule has 1 rings (SSSR count). The van der Waals surface area contributed by atoms with E-state index in [1.54, 1.807) is 0 Å². The van der Waals surface area contributed by atoms with Gasteiger partial charge in [-0.15, -0.1) is 0 Å². The fourth-order valence-electron chi connectivity index (χ4n) is 2.08. The van der Waals surface area contributed by atoms with E-state index in [9.17, 15) is 0 Å². The van der Waals surface area contributed by atoms with Crippen molar-refractivity contribution in [1.82, 2.24) is 5.32 Å². The highest BCUT2D eigenvalue weighted by Crippen LogP contribution is 2.16. The van der Waals surface area contributed by atoms with Crippen LogP contribution in [0.4, 0.5) is 0 Å². The van der Waals surface area contributed by atoms with Crippen LogP contribution in [0.15, 0.2) is 12.1 Å². The highest BCUT2D eigenvalue weighted by atomic mass is 14.9. The molecule has 0 spiro atoms. The standard InChI is InChI=1S/C15H25N/c1-6-11(2)9-16-10-15-13(4)7-12(3)8-14(15)5/h7-8,11,16H,6,9-10H2,1-5H3. The number of hydrogen-bond donors (Lipinski definition) is 1. The Morgan fingerprint density at radius 2 is 1.69 bits per heavy atom. The maximum absolute atomic E-state index is 3.55. The van der Waals surface area contributed by atoms with E-state index in [1.807, 2.05) is 0 Å². The van der Waals surface area contributed by atoms with E-state index in [0.717, 1.165) is 19.0 Å². The number of aryl methyl sites for hydroxylation is 3. The predicted octanol–water partition coefficient (Wildman–Crippen LogP) is 3.75. The summed E-state index contributed by atoms with van der Waals surface area (Å²) in [5.41, 5.74) is 5.65. The average molecular weight is 219 g/mol. The summed E-state index contributed by atoms with van der Waals surface area (Å²) in [5, 5.41) is 3.55. The lowest BCUT2D eigenvalue weighted by Gasteiger charge is -2.14. The first-order valence-electron chi connectivity index (χ1n) is 6.32. The molecule has 1 heteroatoms. The average Bonchev–Trinajstić information content (AvgIpc) is 2.21. The van der Waals surface area contributed by atoms with Gasteiger partial charge in [0, 0.05) is 6.54 Å². The summed E-state index contributed by atoms with van der Waals surface area (Å²) in [6.07, 6.45) is 1.25. The monoisotopic (exact) mass is 219 g/mol. The zero-order chi connectivity index (χ0) is 12.1. The number of benzene rings is 1. The second kappa shape index (κ2) is 6.05. The van der Waals surface area contributed by atoms with E-state index in [-0.39, 0.29) is 0 Å². The van der Waals surface area contributed by atoms with E-state index < -0.39 is 0 Å². The zero-order valence-corrected chi connectivity index (χ0v) is 11.4. The topological polar surface area (TPSA) is 12.0 Å². The molecule has 0 radical (unpaired) electrons. The highest BCUT2D eigenvalue weighted by Gasteiger charge is 2.04. The molecule has 1 atom stereocenters. The third-order valence-corrected chi connectivity index (χ3v) is 3.33. The first kappa shape index (κ1) is 13.2. The summed E-state index contributed by atoms with van der Waals surface area (Å²) in [6.45, 7) is 13.2. The third-order valence-electron chi connectivity index (χ3n) is 3.33. The highest BCUT2D eigenvalue weighted by molar-refractivity contribution is 5.37. The third kappa shape index (κ3) is 3.64. The Hall–Kier alpha value is -0.820. The van der Waals surface area contributed by atoms with Crippen molar-refractivity contribution in [3.05, 3.63) is 34.4 Å². The van der Waals surface area contributed by atoms with Crippen LogP contribution in [-0.2, 0) is 6.54 Å². The van der Waals surface area contributed by atoms with Crippen molar-refractivity contribution in [2.75, 3.05) is 6.54 Å². The van der Waals surface area contributed by atoms with E-state index in [2.05, 4.69) is 52.1 Å². The summed E-state index contributed by atoms with van der Waals surface area (Å²) in [6, 6.07) is 4.54. The van der Waals surface area contributed by atoms with Gasteiger partial charge < -0.3 is 5.32 Å². The molecule has 0 aliphatic rings. The molecule has 0 aliphatic carbocycles. The van der Waals surface area contributed by atoms with Crippen molar-refractivity contribution in [3.8, 4) is 0 Å². The van der Waals surface area contributed by atoms with Crippen molar-refractivity contribution in [2.45, 2.75) is 47.6 Å². The predicted molar refractivity (Wildman–Crippen MR) is 71.8 cm³/mol. The summed E-state index contributed by atoms with van der Waals surface area (Å²) < 4.78 is 0. The molecule has 1 nitrogen and oxygen atoms in total. The lowest BCUT2D eigenvalue weighted by molar-refractivity contribution is 0.499. The van der Waals surface area contributed by atoms with Crippen LogP contribution in [0.1, 0.15) is 42.5 Å². The van der Waals surface area contributed by atoms with Gasteiger partial charge in [-0.1, -0.05) is 38.0 Å². The summed E-state index contributed by atoms with van der Waals surface area (Å²) in [7, 11) is 0. The summed E-state index contributed by atoms with van der Waals surface area (Å²) in [5.74, 6) is 0.770. The number of hydrogen-bond acceptors (Lipinski definition) is 1. The molecule has 1 unspecified atom stereocenters. The van der Waals surface area contributed by atoms with E-state index in [1.165, 1.54) is 28.7 Å². The minimum atomic E-state index is 0.770. The van der Waals surface area contributed by atoms with Crippen LogP contribution in [0.25, 0.3) is 0 Å². The first-order valence-corrected chi connectivity index (χ1v) is 6.32. The van der Waals surface area contributed by atoms with E-state index >= 15 is 0 Å². The van der Waals surface area contributed by atoms with Crippen molar-refractivity contribution < 1.29 is 0 Å². The second-order valence-electron chi connectivity index (χ2n) is 5.02. The van der Waals surface area contributed by atoms with Crippen molar-refractivity contribution in [3.63, 3.8) is 0 Å². The van der Waals surface area contributed by atoms with Gasteiger partial charge in [-0.25, -0.2) is 0 Å². The molecule has 1 N–H and O–H groups in total. The van der Waals surface area contributed by atoms with Crippen LogP contribution in [0.2, 0.25) is 0 Å². The van der Waals surface area contributed by atoms with E-state index in [4.69, 9.17) is 0 Å². The Bertz CT molecular complexity index is 318. The zero-order valence-electron chi connectivity index (χ0n) is 11.4. The van der Waals surface area contributed by atoms with Crippen LogP contribution >= 0.6 is 0 Å². The number of rotatable bonds is 5. The molecule has 0 saturated carbocycles. The van der Waals surface area contributed by atoms with Gasteiger partial charge in [-0.05, 0) is 49.9 Å². The van der Waals surface area contributed by atoms with Gasteiger partial charge in [0.15, 0.2) is 0 Å². The van der Waals surface area contributed by atoms with E-state index in [0.29, 0.717) is 0 Å². The van der Waals surface area contributed by atoms with Gasteiger partial charge in [0.05, 0.1) is 0 Å². The molecule has 0 aliphatic heterocycles. The first-order chi connectivity index (χ1) is 7.54. The maximum atomic E-state index is 3.55. The van der Waals surface area contributed by atoms with Gasteiger partial charge in [0.1, 0.15) is 0 Å². The Morgan fingerprint density at radius 3 is 2.19 bits per heavy atom. The minimum Gasteiger partial charge on any atom is -0.312 e. The van der Waals surface area contributed by atoms with Gasteiger partial charge in [0.2, 0.25) is 0 Å². The minimum absolute atomic E-state index is 0.770. The second-order valence-corrected chi connectivity index (χ2v) is 5.02. The molecule has 1 aromatic carbocycles. The fraction of sp³-hybridized carbons (Fsp3) is 0.600. The Kier molecular flexibility index (Phi) is 5.01. The molecule has 0 fully saturated rings. The molecule has 0 bridgehead atoms. The Labute approximate surface area is 100 Å². The molecule has 90 valence electrons. The van der Waals surface area contributed by atoms with Crippen LogP contribution < -0.4 is 5.32 Å². The molecule has 1 aromatic rings. The maximum Gasteiger partial charge on any atom is 0.0210 e. The van der Waals surface area contributed by atoms with Crippen molar-refractivity contribution in [1.29, 1.82) is 0 Å². The van der Waals surface area contributed by atoms with Crippen LogP contribution in [-0.4, -0.2) is 6.54 Å². The molecular formula is C15H25N. The van der Waals surface area contributed by atoms with Crippen molar-refractivity contribution >= 4 is 0 Å². The summed E-state index contributed by atoms with van der Waals surface area (Å²) in [4.78, 5) is 0. The normalized spacial score (nSPS) is 12.8. The lowest BCUT2D eigenvalue weighted by atomic mass is 9.99. The van der Waals surface area contributed by atoms with Gasteiger partial charge >= 0.3 is 0 Å². The van der Waals surface area contributed by atoms with Crippen LogP contribution in [0.3, 0.4) is 0 Å². The van der Waals surface area contributed by atoms with Gasteiger partial charge in [-0.2, -0.15) is 0 Å². The number of nitrogens with one attached hydrogen (secondary N) is 1. The smallest absolute Gasteiger partial charge is 0.0210 e. The van der Waals surface area contributed by atoms with Gasteiger partial charge in [-0.3, -0.25) is 0 Å². The van der Waals surface area contributed by atoms with Gasteiger partial charge in [0.25, 0.3) is 0 Å². The van der Waals surface area contributed by atoms with Crippen molar-refractivity contribution in [2.24, 2.45) is 5.92 Å². The quantitative estimate of drug-likeness (QED) is 0.795. The SMILES string of the molecule is CCC(C)CNCc1c(C)cc(C)cc1C. The molecule has 0 saturated heterocycles. The molecule has 16 heavy (non-hydrogen) atoms. The van der Waals surface area contributed by atoms with Crippen LogP contribution in [0.5, 0.6) is 0 Å². The lowest BCUT2D eigenvalue weighted by Crippen LogP contribution is -2.21.